The van der Waals surface area contributed by atoms with Gasteiger partial charge in [0, 0.05) is 12.8 Å². The molecule has 1 aromatic heterocycles. The van der Waals surface area contributed by atoms with Crippen molar-refractivity contribution in [3.05, 3.63) is 8.83 Å². The van der Waals surface area contributed by atoms with Crippen molar-refractivity contribution in [2.45, 2.75) is 6.54 Å². The van der Waals surface area contributed by atoms with Crippen molar-refractivity contribution in [3.63, 3.8) is 0 Å². The maximum Gasteiger partial charge on any atom is 0.323 e. The number of aliphatic hydroxyl groups is 2. The fourth-order valence-electron chi connectivity index (χ4n) is 0.978. The molecule has 0 aliphatic carbocycles. The molecule has 8 nitrogen and oxygen atoms in total. The zero-order chi connectivity index (χ0) is 15.5. The summed E-state index contributed by atoms with van der Waals surface area (Å²) in [7, 11) is 0. The van der Waals surface area contributed by atoms with E-state index in [1.54, 1.807) is 0 Å². The molecule has 0 atom stereocenters. The summed E-state index contributed by atoms with van der Waals surface area (Å²) in [6.07, 6.45) is 1.37. The first-order valence-electron chi connectivity index (χ1n) is 5.53. The van der Waals surface area contributed by atoms with Crippen molar-refractivity contribution >= 4 is 35.7 Å². The number of hydrogen-bond donors (Lipinski definition) is 5. The van der Waals surface area contributed by atoms with Crippen LogP contribution in [-0.4, -0.2) is 63.5 Å². The summed E-state index contributed by atoms with van der Waals surface area (Å²) in [5, 5.41) is 34.5. The van der Waals surface area contributed by atoms with E-state index in [0.29, 0.717) is 11.4 Å². The van der Waals surface area contributed by atoms with Gasteiger partial charge in [0.05, 0.1) is 19.8 Å². The zero-order valence-electron chi connectivity index (χ0n) is 10.6. The Balaban J connectivity index is 0.000000796. The Kier molecular flexibility index (Phi) is 9.76. The zero-order valence-corrected chi connectivity index (χ0v) is 12.2. The maximum atomic E-state index is 10.5. The Morgan fingerprint density at radius 2 is 2.05 bits per heavy atom. The topological polar surface area (TPSA) is 141 Å². The first-order valence-corrected chi connectivity index (χ1v) is 6.76. The first-order chi connectivity index (χ1) is 9.47. The van der Waals surface area contributed by atoms with Crippen molar-refractivity contribution in [1.29, 1.82) is 0 Å². The van der Waals surface area contributed by atoms with Crippen LogP contribution in [0.5, 0.6) is 5.88 Å². The van der Waals surface area contributed by atoms with Crippen LogP contribution in [0, 0.1) is 3.95 Å². The number of carboxylic acid groups (broad SMARTS) is 1. The maximum absolute atomic E-state index is 10.5. The van der Waals surface area contributed by atoms with E-state index in [1.807, 2.05) is 0 Å². The number of aromatic nitrogens is 1. The molecule has 0 bridgehead atoms. The van der Waals surface area contributed by atoms with Crippen LogP contribution in [0.25, 0.3) is 0 Å². The molecule has 1 heterocycles. The van der Waals surface area contributed by atoms with Gasteiger partial charge in [0.2, 0.25) is 5.88 Å². The smallest absolute Gasteiger partial charge is 0.323 e. The number of aliphatic carboxylic acids is 1. The van der Waals surface area contributed by atoms with E-state index in [-0.39, 0.29) is 36.1 Å². The normalized spacial score (nSPS) is 10.3. The minimum absolute atomic E-state index is 0.0848. The Labute approximate surface area is 124 Å². The van der Waals surface area contributed by atoms with E-state index < -0.39 is 5.97 Å². The van der Waals surface area contributed by atoms with Gasteiger partial charge in [-0.3, -0.25) is 14.4 Å². The van der Waals surface area contributed by atoms with Gasteiger partial charge in [-0.05, 0) is 12.2 Å². The fourth-order valence-corrected chi connectivity index (χ4v) is 2.18. The summed E-state index contributed by atoms with van der Waals surface area (Å²) >= 11 is 5.97. The molecule has 0 aliphatic heterocycles. The molecule has 0 saturated heterocycles. The van der Waals surface area contributed by atoms with E-state index in [4.69, 9.17) is 33.3 Å². The van der Waals surface area contributed by atoms with Crippen LogP contribution in [0.1, 0.15) is 4.88 Å². The lowest BCUT2D eigenvalue weighted by Gasteiger charge is -1.99. The van der Waals surface area contributed by atoms with Crippen molar-refractivity contribution in [2.24, 2.45) is 10.7 Å². The summed E-state index contributed by atoms with van der Waals surface area (Å²) in [5.41, 5.74) is 4.78. The largest absolute Gasteiger partial charge is 0.493 e. The molecular weight excluding hydrogens is 306 g/mol. The number of aromatic hydroxyl groups is 1. The highest BCUT2D eigenvalue weighted by atomic mass is 32.1. The second kappa shape index (κ2) is 10.5. The van der Waals surface area contributed by atoms with Gasteiger partial charge in [0.15, 0.2) is 3.95 Å². The van der Waals surface area contributed by atoms with Crippen LogP contribution in [0.3, 0.4) is 0 Å². The van der Waals surface area contributed by atoms with Gasteiger partial charge < -0.3 is 26.2 Å². The van der Waals surface area contributed by atoms with Crippen molar-refractivity contribution in [3.8, 4) is 5.88 Å². The summed E-state index contributed by atoms with van der Waals surface area (Å²) in [6.45, 7) is 0.233. The lowest BCUT2D eigenvalue weighted by molar-refractivity contribution is -0.137. The number of hydrogen-bond acceptors (Lipinski definition) is 8. The third kappa shape index (κ3) is 6.73. The number of aliphatic hydroxyl groups excluding tert-OH is 2. The predicted octanol–water partition coefficient (Wildman–Crippen LogP) is -0.582. The number of carbonyl (C=O) groups is 1. The van der Waals surface area contributed by atoms with Crippen LogP contribution >= 0.6 is 23.6 Å². The molecule has 10 heteroatoms. The molecule has 0 spiro atoms. The first kappa shape index (κ1) is 18.7. The number of rotatable bonds is 6. The molecule has 1 rings (SSSR count). The van der Waals surface area contributed by atoms with Gasteiger partial charge in [0.25, 0.3) is 0 Å². The third-order valence-electron chi connectivity index (χ3n) is 1.75. The minimum atomic E-state index is -1.08. The van der Waals surface area contributed by atoms with Gasteiger partial charge in [-0.2, -0.15) is 0 Å². The summed E-state index contributed by atoms with van der Waals surface area (Å²) in [6, 6.07) is 0. The lowest BCUT2D eigenvalue weighted by Crippen LogP contribution is -2.08. The Morgan fingerprint density at radius 3 is 2.50 bits per heavy atom. The molecule has 20 heavy (non-hydrogen) atoms. The Hall–Kier alpha value is -1.33. The highest BCUT2D eigenvalue weighted by Gasteiger charge is 2.12. The SMILES string of the molecule is NCCO.O=C(O)Cn1c(O)c(C=NCCO)sc1=S. The van der Waals surface area contributed by atoms with Crippen molar-refractivity contribution in [1.82, 2.24) is 4.57 Å². The van der Waals surface area contributed by atoms with Gasteiger partial charge in [-0.1, -0.05) is 11.3 Å². The van der Waals surface area contributed by atoms with Crippen LogP contribution in [-0.2, 0) is 11.3 Å². The summed E-state index contributed by atoms with van der Waals surface area (Å²) in [5.74, 6) is -1.29. The number of thiazole rings is 1. The van der Waals surface area contributed by atoms with E-state index >= 15 is 0 Å². The second-order valence-corrected chi connectivity index (χ2v) is 4.98. The number of nitrogens with two attached hydrogens (primary N) is 1. The van der Waals surface area contributed by atoms with Crippen LogP contribution in [0.2, 0.25) is 0 Å². The molecule has 1 aromatic rings. The minimum Gasteiger partial charge on any atom is -0.493 e. The van der Waals surface area contributed by atoms with Crippen LogP contribution in [0.4, 0.5) is 0 Å². The van der Waals surface area contributed by atoms with E-state index in [2.05, 4.69) is 4.99 Å². The number of nitrogens with zero attached hydrogens (tertiary/aromatic N) is 2. The molecule has 114 valence electrons. The highest BCUT2D eigenvalue weighted by Crippen LogP contribution is 2.23. The van der Waals surface area contributed by atoms with E-state index in [9.17, 15) is 9.90 Å². The third-order valence-corrected chi connectivity index (χ3v) is 3.13. The molecule has 0 aliphatic rings. The molecule has 6 N–H and O–H groups in total. The monoisotopic (exact) mass is 323 g/mol. The molecule has 0 radical (unpaired) electrons. The van der Waals surface area contributed by atoms with Crippen molar-refractivity contribution in [2.75, 3.05) is 26.3 Å². The molecule has 0 aromatic carbocycles. The molecule has 0 saturated carbocycles. The molecule has 0 fully saturated rings. The quantitative estimate of drug-likeness (QED) is 0.348. The van der Waals surface area contributed by atoms with Crippen LogP contribution < -0.4 is 5.73 Å². The van der Waals surface area contributed by atoms with Gasteiger partial charge in [-0.15, -0.1) is 0 Å². The number of carboxylic acids is 1. The van der Waals surface area contributed by atoms with Crippen LogP contribution in [0.15, 0.2) is 4.99 Å². The van der Waals surface area contributed by atoms with Gasteiger partial charge in [0.1, 0.15) is 11.4 Å². The molecule has 0 amide bonds. The van der Waals surface area contributed by atoms with E-state index in [1.165, 1.54) is 6.21 Å². The Bertz CT molecular complexity index is 496. The average Bonchev–Trinajstić information content (AvgIpc) is 2.67. The standard InChI is InChI=1S/C8H10N2O4S2.C2H7NO/c11-2-1-9-3-5-7(14)10(4-6(12)13)8(15)16-5;3-1-2-4/h3,11,14H,1-2,4H2,(H,12,13);4H,1-3H2. The summed E-state index contributed by atoms with van der Waals surface area (Å²) in [4.78, 5) is 14.7. The molecule has 0 unspecified atom stereocenters. The average molecular weight is 323 g/mol. The van der Waals surface area contributed by atoms with Gasteiger partial charge in [-0.25, -0.2) is 0 Å². The second-order valence-electron chi connectivity index (χ2n) is 3.31. The Morgan fingerprint density at radius 1 is 1.45 bits per heavy atom. The summed E-state index contributed by atoms with van der Waals surface area (Å²) < 4.78 is 1.38. The van der Waals surface area contributed by atoms with Crippen molar-refractivity contribution < 1.29 is 25.2 Å². The van der Waals surface area contributed by atoms with Gasteiger partial charge >= 0.3 is 5.97 Å². The number of aliphatic imine (C=N–C) groups is 1. The highest BCUT2D eigenvalue weighted by molar-refractivity contribution is 7.73. The molecular formula is C10H17N3O5S2. The lowest BCUT2D eigenvalue weighted by atomic mass is 10.5. The predicted molar refractivity (Wildman–Crippen MR) is 78.1 cm³/mol. The fraction of sp³-hybridized carbons (Fsp3) is 0.500. The van der Waals surface area contributed by atoms with E-state index in [0.717, 1.165) is 15.9 Å².